The van der Waals surface area contributed by atoms with Gasteiger partial charge in [-0.3, -0.25) is 0 Å². The van der Waals surface area contributed by atoms with Crippen LogP contribution in [-0.2, 0) is 9.47 Å². The van der Waals surface area contributed by atoms with Crippen molar-refractivity contribution in [1.29, 1.82) is 0 Å². The van der Waals surface area contributed by atoms with E-state index in [4.69, 9.17) is 9.47 Å². The third-order valence-electron chi connectivity index (χ3n) is 2.39. The van der Waals surface area contributed by atoms with Crippen molar-refractivity contribution in [1.82, 2.24) is 5.32 Å². The maximum absolute atomic E-state index is 5.50. The zero-order valence-electron chi connectivity index (χ0n) is 12.0. The molecule has 0 spiro atoms. The first-order valence-corrected chi connectivity index (χ1v) is 7.13. The lowest BCUT2D eigenvalue weighted by Gasteiger charge is -2.07. The van der Waals surface area contributed by atoms with Gasteiger partial charge in [-0.05, 0) is 44.7 Å². The Hall–Kier alpha value is -0.120. The summed E-state index contributed by atoms with van der Waals surface area (Å²) in [6.07, 6.45) is 4.90. The summed E-state index contributed by atoms with van der Waals surface area (Å²) in [5.41, 5.74) is 0. The summed E-state index contributed by atoms with van der Waals surface area (Å²) >= 11 is 0. The molecular formula is C14H31NO2. The van der Waals surface area contributed by atoms with E-state index >= 15 is 0 Å². The van der Waals surface area contributed by atoms with Crippen LogP contribution in [0.2, 0.25) is 0 Å². The molecule has 0 amide bonds. The Morgan fingerprint density at radius 1 is 0.882 bits per heavy atom. The normalized spacial score (nSPS) is 11.3. The van der Waals surface area contributed by atoms with E-state index in [9.17, 15) is 0 Å². The first kappa shape index (κ1) is 16.9. The minimum Gasteiger partial charge on any atom is -0.379 e. The smallest absolute Gasteiger partial charge is 0.0700 e. The second kappa shape index (κ2) is 13.9. The Labute approximate surface area is 107 Å². The molecule has 0 radical (unpaired) electrons. The first-order chi connectivity index (χ1) is 8.27. The monoisotopic (exact) mass is 245 g/mol. The van der Waals surface area contributed by atoms with Crippen LogP contribution in [0, 0.1) is 5.92 Å². The molecule has 0 saturated heterocycles. The van der Waals surface area contributed by atoms with Gasteiger partial charge in [0.05, 0.1) is 13.2 Å². The van der Waals surface area contributed by atoms with Gasteiger partial charge < -0.3 is 14.8 Å². The summed E-state index contributed by atoms with van der Waals surface area (Å²) in [5.74, 6) is 0.616. The van der Waals surface area contributed by atoms with Gasteiger partial charge in [0, 0.05) is 13.2 Å². The fourth-order valence-corrected chi connectivity index (χ4v) is 1.47. The lowest BCUT2D eigenvalue weighted by molar-refractivity contribution is 0.0366. The molecule has 0 bridgehead atoms. The molecule has 0 rings (SSSR count). The van der Waals surface area contributed by atoms with E-state index in [1.807, 2.05) is 0 Å². The molecule has 0 aromatic heterocycles. The molecule has 0 aliphatic rings. The molecule has 0 fully saturated rings. The van der Waals surface area contributed by atoms with Crippen LogP contribution >= 0.6 is 0 Å². The van der Waals surface area contributed by atoms with E-state index in [1.54, 1.807) is 0 Å². The van der Waals surface area contributed by atoms with Gasteiger partial charge in [-0.1, -0.05) is 20.8 Å². The first-order valence-electron chi connectivity index (χ1n) is 7.13. The molecule has 0 atom stereocenters. The van der Waals surface area contributed by atoms with E-state index < -0.39 is 0 Å². The van der Waals surface area contributed by atoms with Crippen LogP contribution in [0.5, 0.6) is 0 Å². The number of nitrogens with one attached hydrogen (secondary N) is 1. The summed E-state index contributed by atoms with van der Waals surface area (Å²) < 4.78 is 10.9. The number of rotatable bonds is 13. The Kier molecular flexibility index (Phi) is 13.8. The zero-order chi connectivity index (χ0) is 12.8. The molecule has 1 N–H and O–H groups in total. The molecular weight excluding hydrogens is 214 g/mol. The van der Waals surface area contributed by atoms with Crippen molar-refractivity contribution in [2.45, 2.75) is 46.5 Å². The van der Waals surface area contributed by atoms with Crippen molar-refractivity contribution in [3.05, 3.63) is 0 Å². The highest BCUT2D eigenvalue weighted by atomic mass is 16.5. The van der Waals surface area contributed by atoms with Gasteiger partial charge in [-0.15, -0.1) is 0 Å². The van der Waals surface area contributed by atoms with Crippen molar-refractivity contribution in [2.75, 3.05) is 39.5 Å². The maximum Gasteiger partial charge on any atom is 0.0700 e. The van der Waals surface area contributed by atoms with Gasteiger partial charge in [-0.25, -0.2) is 0 Å². The van der Waals surface area contributed by atoms with E-state index in [1.165, 1.54) is 19.3 Å². The minimum atomic E-state index is 0.616. The van der Waals surface area contributed by atoms with Crippen molar-refractivity contribution in [3.63, 3.8) is 0 Å². The van der Waals surface area contributed by atoms with Crippen LogP contribution in [0.15, 0.2) is 0 Å². The van der Waals surface area contributed by atoms with Crippen LogP contribution in [-0.4, -0.2) is 39.5 Å². The largest absolute Gasteiger partial charge is 0.379 e. The topological polar surface area (TPSA) is 30.5 Å². The van der Waals surface area contributed by atoms with Gasteiger partial charge in [0.1, 0.15) is 0 Å². The fourth-order valence-electron chi connectivity index (χ4n) is 1.47. The second-order valence-corrected chi connectivity index (χ2v) is 4.89. The molecule has 0 saturated carbocycles. The fraction of sp³-hybridized carbons (Fsp3) is 1.00. The van der Waals surface area contributed by atoms with Gasteiger partial charge in [-0.2, -0.15) is 0 Å². The minimum absolute atomic E-state index is 0.616. The molecule has 0 unspecified atom stereocenters. The van der Waals surface area contributed by atoms with E-state index in [0.29, 0.717) is 5.92 Å². The average Bonchev–Trinajstić information content (AvgIpc) is 2.30. The van der Waals surface area contributed by atoms with Crippen LogP contribution in [0.25, 0.3) is 0 Å². The molecule has 17 heavy (non-hydrogen) atoms. The summed E-state index contributed by atoms with van der Waals surface area (Å²) in [6, 6.07) is 0. The van der Waals surface area contributed by atoms with Crippen molar-refractivity contribution >= 4 is 0 Å². The quantitative estimate of drug-likeness (QED) is 0.506. The van der Waals surface area contributed by atoms with E-state index in [2.05, 4.69) is 26.1 Å². The predicted molar refractivity (Wildman–Crippen MR) is 73.5 cm³/mol. The summed E-state index contributed by atoms with van der Waals surface area (Å²) in [7, 11) is 0. The Morgan fingerprint density at radius 2 is 1.65 bits per heavy atom. The molecule has 0 aromatic rings. The van der Waals surface area contributed by atoms with Crippen molar-refractivity contribution < 1.29 is 9.47 Å². The van der Waals surface area contributed by atoms with Gasteiger partial charge in [0.15, 0.2) is 0 Å². The molecule has 104 valence electrons. The SMILES string of the molecule is CCCNCCCCCOCCOCC(C)C. The van der Waals surface area contributed by atoms with Crippen LogP contribution in [0.3, 0.4) is 0 Å². The highest BCUT2D eigenvalue weighted by molar-refractivity contribution is 4.47. The molecule has 3 nitrogen and oxygen atoms in total. The Morgan fingerprint density at radius 3 is 2.35 bits per heavy atom. The second-order valence-electron chi connectivity index (χ2n) is 4.89. The lowest BCUT2D eigenvalue weighted by atomic mass is 10.2. The Bertz CT molecular complexity index is 140. The number of unbranched alkanes of at least 4 members (excludes halogenated alkanes) is 2. The molecule has 3 heteroatoms. The van der Waals surface area contributed by atoms with Crippen LogP contribution in [0.4, 0.5) is 0 Å². The predicted octanol–water partition coefficient (Wildman–Crippen LogP) is 2.85. The standard InChI is InChI=1S/C14H31NO2/c1-4-8-15-9-6-5-7-10-16-11-12-17-13-14(2)3/h14-15H,4-13H2,1-3H3. The number of hydrogen-bond donors (Lipinski definition) is 1. The van der Waals surface area contributed by atoms with Crippen LogP contribution in [0.1, 0.15) is 46.5 Å². The highest BCUT2D eigenvalue weighted by Crippen LogP contribution is 1.96. The third kappa shape index (κ3) is 15.9. The summed E-state index contributed by atoms with van der Waals surface area (Å²) in [4.78, 5) is 0. The summed E-state index contributed by atoms with van der Waals surface area (Å²) in [5, 5.41) is 3.40. The maximum atomic E-state index is 5.50. The molecule has 0 aromatic carbocycles. The third-order valence-corrected chi connectivity index (χ3v) is 2.39. The lowest BCUT2D eigenvalue weighted by Crippen LogP contribution is -2.15. The van der Waals surface area contributed by atoms with E-state index in [-0.39, 0.29) is 0 Å². The molecule has 0 aliphatic carbocycles. The van der Waals surface area contributed by atoms with Crippen molar-refractivity contribution in [2.24, 2.45) is 5.92 Å². The summed E-state index contributed by atoms with van der Waals surface area (Å²) in [6.45, 7) is 12.0. The van der Waals surface area contributed by atoms with Gasteiger partial charge >= 0.3 is 0 Å². The number of hydrogen-bond acceptors (Lipinski definition) is 3. The zero-order valence-corrected chi connectivity index (χ0v) is 12.0. The number of ether oxygens (including phenoxy) is 2. The van der Waals surface area contributed by atoms with E-state index in [0.717, 1.165) is 45.9 Å². The van der Waals surface area contributed by atoms with Crippen LogP contribution < -0.4 is 5.32 Å². The van der Waals surface area contributed by atoms with Gasteiger partial charge in [0.2, 0.25) is 0 Å². The van der Waals surface area contributed by atoms with Crippen molar-refractivity contribution in [3.8, 4) is 0 Å². The van der Waals surface area contributed by atoms with Gasteiger partial charge in [0.25, 0.3) is 0 Å². The molecule has 0 aliphatic heterocycles. The highest BCUT2D eigenvalue weighted by Gasteiger charge is 1.94. The Balaban J connectivity index is 2.89. The average molecular weight is 245 g/mol. The molecule has 0 heterocycles.